The fraction of sp³-hybridized carbons (Fsp3) is 0.250. The molecule has 1 saturated heterocycles. The van der Waals surface area contributed by atoms with E-state index in [0.717, 1.165) is 30.6 Å². The Kier molecular flexibility index (Phi) is 3.33. The topological polar surface area (TPSA) is 36.7 Å². The summed E-state index contributed by atoms with van der Waals surface area (Å²) in [5, 5.41) is 4.13. The lowest BCUT2D eigenvalue weighted by Gasteiger charge is -2.36. The van der Waals surface area contributed by atoms with Gasteiger partial charge >= 0.3 is 0 Å². The predicted molar refractivity (Wildman–Crippen MR) is 83.8 cm³/mol. The highest BCUT2D eigenvalue weighted by atomic mass is 19.1. The molecule has 0 bridgehead atoms. The minimum atomic E-state index is -0.553. The summed E-state index contributed by atoms with van der Waals surface area (Å²) in [6.45, 7) is 2.78. The Morgan fingerprint density at radius 1 is 0.913 bits per heavy atom. The van der Waals surface area contributed by atoms with Crippen LogP contribution in [-0.4, -0.2) is 40.8 Å². The van der Waals surface area contributed by atoms with Gasteiger partial charge in [-0.3, -0.25) is 0 Å². The molecule has 0 aliphatic carbocycles. The van der Waals surface area contributed by atoms with Gasteiger partial charge < -0.3 is 9.80 Å². The first-order valence-electron chi connectivity index (χ1n) is 7.46. The first kappa shape index (κ1) is 13.9. The monoisotopic (exact) mass is 315 g/mol. The van der Waals surface area contributed by atoms with Gasteiger partial charge in [-0.25, -0.2) is 18.3 Å². The van der Waals surface area contributed by atoms with Crippen molar-refractivity contribution in [3.8, 4) is 0 Å². The number of hydrogen-bond acceptors (Lipinski definition) is 4. The molecule has 3 aromatic rings. The Balaban J connectivity index is 1.50. The molecule has 23 heavy (non-hydrogen) atoms. The molecule has 1 fully saturated rings. The number of piperazine rings is 1. The van der Waals surface area contributed by atoms with Gasteiger partial charge in [-0.15, -0.1) is 0 Å². The summed E-state index contributed by atoms with van der Waals surface area (Å²) in [6.07, 6.45) is 3.59. The van der Waals surface area contributed by atoms with Crippen molar-refractivity contribution in [2.75, 3.05) is 36.0 Å². The van der Waals surface area contributed by atoms with Crippen molar-refractivity contribution in [1.29, 1.82) is 0 Å². The maximum Gasteiger partial charge on any atom is 0.157 e. The summed E-state index contributed by atoms with van der Waals surface area (Å²) in [5.74, 6) is -0.183. The zero-order valence-electron chi connectivity index (χ0n) is 12.4. The van der Waals surface area contributed by atoms with Gasteiger partial charge in [0.05, 0.1) is 11.9 Å². The highest BCUT2D eigenvalue weighted by Gasteiger charge is 2.20. The van der Waals surface area contributed by atoms with E-state index in [1.54, 1.807) is 10.7 Å². The second-order valence-electron chi connectivity index (χ2n) is 5.49. The van der Waals surface area contributed by atoms with Crippen LogP contribution in [0.25, 0.3) is 5.65 Å². The molecule has 0 spiro atoms. The molecule has 4 rings (SSSR count). The van der Waals surface area contributed by atoms with Crippen LogP contribution in [0.2, 0.25) is 0 Å². The quantitative estimate of drug-likeness (QED) is 0.727. The fourth-order valence-electron chi connectivity index (χ4n) is 2.89. The SMILES string of the molecule is Fc1ccc(N2CCN(c3ccn4nccc4n3)CC2)c(F)c1. The van der Waals surface area contributed by atoms with Crippen LogP contribution in [0.1, 0.15) is 0 Å². The van der Waals surface area contributed by atoms with Crippen molar-refractivity contribution < 1.29 is 8.78 Å². The normalized spacial score (nSPS) is 15.4. The predicted octanol–water partition coefficient (Wildman–Crippen LogP) is 2.33. The van der Waals surface area contributed by atoms with E-state index in [-0.39, 0.29) is 0 Å². The number of rotatable bonds is 2. The van der Waals surface area contributed by atoms with Crippen LogP contribution >= 0.6 is 0 Å². The summed E-state index contributed by atoms with van der Waals surface area (Å²) >= 11 is 0. The first-order valence-corrected chi connectivity index (χ1v) is 7.46. The van der Waals surface area contributed by atoms with Crippen molar-refractivity contribution in [3.63, 3.8) is 0 Å². The smallest absolute Gasteiger partial charge is 0.157 e. The van der Waals surface area contributed by atoms with Crippen molar-refractivity contribution in [2.24, 2.45) is 0 Å². The second kappa shape index (κ2) is 5.49. The van der Waals surface area contributed by atoms with E-state index in [9.17, 15) is 8.78 Å². The van der Waals surface area contributed by atoms with Gasteiger partial charge in [-0.1, -0.05) is 0 Å². The summed E-state index contributed by atoms with van der Waals surface area (Å²) in [7, 11) is 0. The molecule has 0 amide bonds. The maximum atomic E-state index is 13.9. The molecule has 1 aliphatic heterocycles. The molecule has 1 aliphatic rings. The molecule has 118 valence electrons. The number of aromatic nitrogens is 3. The molecule has 0 saturated carbocycles. The molecule has 3 heterocycles. The Morgan fingerprint density at radius 3 is 2.48 bits per heavy atom. The van der Waals surface area contributed by atoms with Crippen LogP contribution in [0.3, 0.4) is 0 Å². The van der Waals surface area contributed by atoms with Crippen molar-refractivity contribution in [3.05, 3.63) is 54.4 Å². The van der Waals surface area contributed by atoms with Gasteiger partial charge in [-0.2, -0.15) is 5.10 Å². The Labute approximate surface area is 131 Å². The van der Waals surface area contributed by atoms with E-state index < -0.39 is 11.6 Å². The highest BCUT2D eigenvalue weighted by Crippen LogP contribution is 2.23. The fourth-order valence-corrected chi connectivity index (χ4v) is 2.89. The van der Waals surface area contributed by atoms with Gasteiger partial charge in [0.15, 0.2) is 5.65 Å². The van der Waals surface area contributed by atoms with Gasteiger partial charge in [0.2, 0.25) is 0 Å². The standard InChI is InChI=1S/C16H15F2N5/c17-12-1-2-14(13(18)11-12)21-7-9-22(10-8-21)15-4-6-23-16(20-15)3-5-19-23/h1-6,11H,7-10H2. The van der Waals surface area contributed by atoms with Crippen LogP contribution in [-0.2, 0) is 0 Å². The average molecular weight is 315 g/mol. The van der Waals surface area contributed by atoms with E-state index in [1.165, 1.54) is 12.1 Å². The molecule has 7 heteroatoms. The van der Waals surface area contributed by atoms with Gasteiger partial charge in [0, 0.05) is 44.5 Å². The highest BCUT2D eigenvalue weighted by molar-refractivity contribution is 5.52. The third kappa shape index (κ3) is 2.58. The number of anilines is 2. The molecular weight excluding hydrogens is 300 g/mol. The van der Waals surface area contributed by atoms with E-state index >= 15 is 0 Å². The largest absolute Gasteiger partial charge is 0.366 e. The lowest BCUT2D eigenvalue weighted by atomic mass is 10.2. The van der Waals surface area contributed by atoms with Crippen LogP contribution in [0, 0.1) is 11.6 Å². The maximum absolute atomic E-state index is 13.9. The van der Waals surface area contributed by atoms with E-state index in [1.807, 2.05) is 23.2 Å². The van der Waals surface area contributed by atoms with Crippen molar-refractivity contribution in [1.82, 2.24) is 14.6 Å². The summed E-state index contributed by atoms with van der Waals surface area (Å²) in [6, 6.07) is 7.50. The molecule has 0 unspecified atom stereocenters. The number of benzene rings is 1. The molecule has 5 nitrogen and oxygen atoms in total. The third-order valence-corrected chi connectivity index (χ3v) is 4.10. The van der Waals surface area contributed by atoms with Crippen LogP contribution in [0.4, 0.5) is 20.3 Å². The lowest BCUT2D eigenvalue weighted by Crippen LogP contribution is -2.47. The Hall–Kier alpha value is -2.70. The Morgan fingerprint density at radius 2 is 1.70 bits per heavy atom. The zero-order valence-corrected chi connectivity index (χ0v) is 12.4. The van der Waals surface area contributed by atoms with E-state index in [2.05, 4.69) is 15.0 Å². The second-order valence-corrected chi connectivity index (χ2v) is 5.49. The van der Waals surface area contributed by atoms with Crippen LogP contribution in [0.5, 0.6) is 0 Å². The summed E-state index contributed by atoms with van der Waals surface area (Å²) in [5.41, 5.74) is 1.25. The number of hydrogen-bond donors (Lipinski definition) is 0. The van der Waals surface area contributed by atoms with Crippen molar-refractivity contribution in [2.45, 2.75) is 0 Å². The minimum absolute atomic E-state index is 0.449. The molecule has 0 atom stereocenters. The molecule has 0 radical (unpaired) electrons. The molecular formula is C16H15F2N5. The average Bonchev–Trinajstić information content (AvgIpc) is 3.03. The lowest BCUT2D eigenvalue weighted by molar-refractivity contribution is 0.570. The van der Waals surface area contributed by atoms with Gasteiger partial charge in [0.25, 0.3) is 0 Å². The molecule has 0 N–H and O–H groups in total. The van der Waals surface area contributed by atoms with E-state index in [4.69, 9.17) is 0 Å². The van der Waals surface area contributed by atoms with E-state index in [0.29, 0.717) is 18.8 Å². The summed E-state index contributed by atoms with van der Waals surface area (Å²) in [4.78, 5) is 8.66. The third-order valence-electron chi connectivity index (χ3n) is 4.10. The zero-order chi connectivity index (χ0) is 15.8. The summed E-state index contributed by atoms with van der Waals surface area (Å²) < 4.78 is 28.6. The van der Waals surface area contributed by atoms with Crippen LogP contribution in [0.15, 0.2) is 42.7 Å². The molecule has 1 aromatic carbocycles. The Bertz CT molecular complexity index is 839. The van der Waals surface area contributed by atoms with Gasteiger partial charge in [0.1, 0.15) is 17.5 Å². The number of halogens is 2. The van der Waals surface area contributed by atoms with Crippen molar-refractivity contribution >= 4 is 17.2 Å². The number of fused-ring (bicyclic) bond motifs is 1. The van der Waals surface area contributed by atoms with Gasteiger partial charge in [-0.05, 0) is 18.2 Å². The van der Waals surface area contributed by atoms with Crippen LogP contribution < -0.4 is 9.80 Å². The first-order chi connectivity index (χ1) is 11.2. The minimum Gasteiger partial charge on any atom is -0.366 e. The number of nitrogens with zero attached hydrogens (tertiary/aromatic N) is 5. The molecule has 2 aromatic heterocycles.